The summed E-state index contributed by atoms with van der Waals surface area (Å²) >= 11 is 12.6. The summed E-state index contributed by atoms with van der Waals surface area (Å²) in [6.07, 6.45) is 4.00. The minimum atomic E-state index is -4.21. The molecule has 0 unspecified atom stereocenters. The summed E-state index contributed by atoms with van der Waals surface area (Å²) in [7, 11) is -2.69. The van der Waals surface area contributed by atoms with Crippen LogP contribution in [0.15, 0.2) is 108 Å². The number of sulfonamides is 1. The summed E-state index contributed by atoms with van der Waals surface area (Å²) in [6, 6.07) is 27.9. The minimum Gasteiger partial charge on any atom is -0.497 e. The Balaban J connectivity index is 1.57. The molecule has 1 N–H and O–H groups in total. The van der Waals surface area contributed by atoms with Gasteiger partial charge < -0.3 is 15.0 Å². The van der Waals surface area contributed by atoms with E-state index in [0.717, 1.165) is 35.6 Å². The largest absolute Gasteiger partial charge is 0.497 e. The van der Waals surface area contributed by atoms with Gasteiger partial charge in [-0.3, -0.25) is 13.9 Å². The van der Waals surface area contributed by atoms with Crippen LogP contribution in [-0.2, 0) is 32.6 Å². The maximum absolute atomic E-state index is 14.6. The number of anilines is 1. The van der Waals surface area contributed by atoms with E-state index in [4.69, 9.17) is 27.9 Å². The fraction of sp³-hybridized carbons (Fsp3) is 0.278. The van der Waals surface area contributed by atoms with E-state index in [9.17, 15) is 18.0 Å². The Morgan fingerprint density at radius 1 is 0.851 bits per heavy atom. The van der Waals surface area contributed by atoms with Gasteiger partial charge in [0.1, 0.15) is 18.3 Å². The molecular formula is C36H37Cl2N3O5S. The first kappa shape index (κ1) is 34.3. The molecule has 11 heteroatoms. The molecule has 5 rings (SSSR count). The second-order valence-electron chi connectivity index (χ2n) is 11.5. The van der Waals surface area contributed by atoms with Crippen molar-refractivity contribution in [1.29, 1.82) is 0 Å². The van der Waals surface area contributed by atoms with Gasteiger partial charge in [-0.1, -0.05) is 90.6 Å². The number of ether oxygens (including phenoxy) is 1. The summed E-state index contributed by atoms with van der Waals surface area (Å²) in [5.74, 6) is -0.324. The number of rotatable bonds is 13. The Kier molecular flexibility index (Phi) is 11.4. The summed E-state index contributed by atoms with van der Waals surface area (Å²) < 4.78 is 34.6. The van der Waals surface area contributed by atoms with Crippen LogP contribution in [0.2, 0.25) is 10.0 Å². The zero-order valence-electron chi connectivity index (χ0n) is 26.0. The van der Waals surface area contributed by atoms with Crippen molar-refractivity contribution in [3.05, 3.63) is 124 Å². The van der Waals surface area contributed by atoms with Crippen LogP contribution in [0.5, 0.6) is 5.75 Å². The third-order valence-electron chi connectivity index (χ3n) is 8.28. The molecule has 1 aliphatic carbocycles. The molecule has 246 valence electrons. The standard InChI is InChI=1S/C36H37Cl2N3O5S/c1-46-30-19-17-29(18-20-30)41(47(44,45)31-14-6-3-7-15-31)25-35(42)40(24-27-16-21-32(37)33(38)22-27)34(23-26-10-4-2-5-11-26)36(43)39-28-12-8-9-13-28/h2-7,10-11,14-22,28,34H,8-9,12-13,23-25H2,1H3,(H,39,43)/t34-/m0/s1. The van der Waals surface area contributed by atoms with E-state index in [2.05, 4.69) is 5.32 Å². The van der Waals surface area contributed by atoms with Crippen molar-refractivity contribution >= 4 is 50.7 Å². The zero-order chi connectivity index (χ0) is 33.4. The number of carbonyl (C=O) groups excluding carboxylic acids is 2. The van der Waals surface area contributed by atoms with Crippen LogP contribution in [0.4, 0.5) is 5.69 Å². The molecule has 1 atom stereocenters. The molecule has 1 fully saturated rings. The lowest BCUT2D eigenvalue weighted by Crippen LogP contribution is -2.54. The average Bonchev–Trinajstić information content (AvgIpc) is 3.60. The van der Waals surface area contributed by atoms with Crippen LogP contribution in [0.1, 0.15) is 36.8 Å². The van der Waals surface area contributed by atoms with E-state index >= 15 is 0 Å². The lowest BCUT2D eigenvalue weighted by molar-refractivity contribution is -0.140. The summed E-state index contributed by atoms with van der Waals surface area (Å²) in [4.78, 5) is 30.2. The van der Waals surface area contributed by atoms with Gasteiger partial charge in [0.05, 0.1) is 27.7 Å². The highest BCUT2D eigenvalue weighted by atomic mass is 35.5. The van der Waals surface area contributed by atoms with E-state index in [0.29, 0.717) is 21.4 Å². The molecule has 0 spiro atoms. The van der Waals surface area contributed by atoms with Crippen molar-refractivity contribution in [2.75, 3.05) is 18.0 Å². The van der Waals surface area contributed by atoms with Gasteiger partial charge in [0.2, 0.25) is 11.8 Å². The van der Waals surface area contributed by atoms with E-state index in [1.807, 2.05) is 30.3 Å². The van der Waals surface area contributed by atoms with Gasteiger partial charge in [0, 0.05) is 19.0 Å². The van der Waals surface area contributed by atoms with Gasteiger partial charge in [0.25, 0.3) is 10.0 Å². The van der Waals surface area contributed by atoms with Crippen LogP contribution >= 0.6 is 23.2 Å². The molecule has 8 nitrogen and oxygen atoms in total. The smallest absolute Gasteiger partial charge is 0.264 e. The normalized spacial score (nSPS) is 13.9. The molecule has 1 aliphatic rings. The highest BCUT2D eigenvalue weighted by Crippen LogP contribution is 2.28. The van der Waals surface area contributed by atoms with Gasteiger partial charge >= 0.3 is 0 Å². The van der Waals surface area contributed by atoms with E-state index < -0.39 is 28.5 Å². The molecule has 4 aromatic carbocycles. The monoisotopic (exact) mass is 693 g/mol. The molecule has 0 saturated heterocycles. The minimum absolute atomic E-state index is 0.00680. The summed E-state index contributed by atoms with van der Waals surface area (Å²) in [5.41, 5.74) is 1.77. The van der Waals surface area contributed by atoms with Crippen LogP contribution in [-0.4, -0.2) is 50.9 Å². The Bertz CT molecular complexity index is 1770. The lowest BCUT2D eigenvalue weighted by Gasteiger charge is -2.34. The van der Waals surface area contributed by atoms with E-state index in [-0.39, 0.29) is 35.5 Å². The zero-order valence-corrected chi connectivity index (χ0v) is 28.3. The number of hydrogen-bond acceptors (Lipinski definition) is 5. The number of halogens is 2. The van der Waals surface area contributed by atoms with Crippen LogP contribution in [0.3, 0.4) is 0 Å². The molecule has 2 amide bonds. The van der Waals surface area contributed by atoms with Gasteiger partial charge in [-0.05, 0) is 72.5 Å². The Morgan fingerprint density at radius 3 is 2.11 bits per heavy atom. The van der Waals surface area contributed by atoms with Crippen LogP contribution < -0.4 is 14.4 Å². The van der Waals surface area contributed by atoms with Gasteiger partial charge in [0.15, 0.2) is 0 Å². The van der Waals surface area contributed by atoms with Crippen molar-refractivity contribution in [3.63, 3.8) is 0 Å². The van der Waals surface area contributed by atoms with Gasteiger partial charge in [-0.25, -0.2) is 8.42 Å². The average molecular weight is 695 g/mol. The first-order valence-corrected chi connectivity index (χ1v) is 17.6. The first-order valence-electron chi connectivity index (χ1n) is 15.5. The van der Waals surface area contributed by atoms with Crippen LogP contribution in [0.25, 0.3) is 0 Å². The highest BCUT2D eigenvalue weighted by Gasteiger charge is 2.35. The molecule has 0 aliphatic heterocycles. The summed E-state index contributed by atoms with van der Waals surface area (Å²) in [6.45, 7) is -0.569. The topological polar surface area (TPSA) is 96.0 Å². The third-order valence-corrected chi connectivity index (χ3v) is 10.8. The van der Waals surface area contributed by atoms with Crippen molar-refractivity contribution in [1.82, 2.24) is 10.2 Å². The Hall–Kier alpha value is -4.05. The fourth-order valence-electron chi connectivity index (χ4n) is 5.75. The lowest BCUT2D eigenvalue weighted by atomic mass is 10.0. The van der Waals surface area contributed by atoms with Gasteiger partial charge in [-0.15, -0.1) is 0 Å². The van der Waals surface area contributed by atoms with Crippen molar-refractivity contribution in [3.8, 4) is 5.75 Å². The molecule has 0 heterocycles. The molecule has 0 aromatic heterocycles. The number of methoxy groups -OCH3 is 1. The van der Waals surface area contributed by atoms with Gasteiger partial charge in [-0.2, -0.15) is 0 Å². The van der Waals surface area contributed by atoms with E-state index in [1.165, 1.54) is 24.1 Å². The number of nitrogens with one attached hydrogen (secondary N) is 1. The quantitative estimate of drug-likeness (QED) is 0.164. The molecule has 0 bridgehead atoms. The van der Waals surface area contributed by atoms with Crippen molar-refractivity contribution in [2.45, 2.75) is 55.6 Å². The number of carbonyl (C=O) groups is 2. The second-order valence-corrected chi connectivity index (χ2v) is 14.2. The van der Waals surface area contributed by atoms with Crippen molar-refractivity contribution < 1.29 is 22.7 Å². The van der Waals surface area contributed by atoms with E-state index in [1.54, 1.807) is 60.7 Å². The number of hydrogen-bond donors (Lipinski definition) is 1. The molecule has 4 aromatic rings. The predicted octanol–water partition coefficient (Wildman–Crippen LogP) is 6.90. The Labute approximate surface area is 286 Å². The molecule has 1 saturated carbocycles. The Morgan fingerprint density at radius 2 is 1.49 bits per heavy atom. The SMILES string of the molecule is COc1ccc(N(CC(=O)N(Cc2ccc(Cl)c(Cl)c2)[C@@H](Cc2ccccc2)C(=O)NC2CCCC2)S(=O)(=O)c2ccccc2)cc1. The molecule has 47 heavy (non-hydrogen) atoms. The molecular weight excluding hydrogens is 657 g/mol. The first-order chi connectivity index (χ1) is 22.7. The summed E-state index contributed by atoms with van der Waals surface area (Å²) in [5, 5.41) is 3.83. The third kappa shape index (κ3) is 8.66. The molecule has 0 radical (unpaired) electrons. The number of amides is 2. The van der Waals surface area contributed by atoms with Crippen molar-refractivity contribution in [2.24, 2.45) is 0 Å². The maximum atomic E-state index is 14.6. The van der Waals surface area contributed by atoms with Crippen LogP contribution in [0, 0.1) is 0 Å². The number of nitrogens with zero attached hydrogens (tertiary/aromatic N) is 2. The second kappa shape index (κ2) is 15.7. The highest BCUT2D eigenvalue weighted by molar-refractivity contribution is 7.92. The number of benzene rings is 4. The maximum Gasteiger partial charge on any atom is 0.264 e. The fourth-order valence-corrected chi connectivity index (χ4v) is 7.51. The predicted molar refractivity (Wildman–Crippen MR) is 185 cm³/mol.